The number of likely N-dealkylation sites (tertiary alicyclic amines) is 1. The summed E-state index contributed by atoms with van der Waals surface area (Å²) in [7, 11) is 1.54. The van der Waals surface area contributed by atoms with Gasteiger partial charge in [0.15, 0.2) is 0 Å². The molecule has 7 nitrogen and oxygen atoms in total. The number of aromatic nitrogens is 1. The number of carbonyl (C=O) groups excluding carboxylic acids is 2. The zero-order valence-electron chi connectivity index (χ0n) is 12.6. The number of hydrogen-bond donors (Lipinski definition) is 1. The molecule has 3 heterocycles. The van der Waals surface area contributed by atoms with Crippen LogP contribution in [-0.2, 0) is 0 Å². The van der Waals surface area contributed by atoms with Crippen molar-refractivity contribution in [2.45, 2.75) is 18.9 Å². The lowest BCUT2D eigenvalue weighted by molar-refractivity contribution is 0.0634. The molecule has 0 saturated carbocycles. The van der Waals surface area contributed by atoms with Crippen LogP contribution in [0.1, 0.15) is 23.2 Å². The number of rotatable bonds is 3. The third kappa shape index (κ3) is 2.84. The van der Waals surface area contributed by atoms with Crippen LogP contribution in [0.5, 0.6) is 5.88 Å². The molecule has 2 fully saturated rings. The first-order valence-electron chi connectivity index (χ1n) is 7.53. The molecule has 1 aromatic rings. The van der Waals surface area contributed by atoms with Crippen LogP contribution in [0, 0.1) is 0 Å². The van der Waals surface area contributed by atoms with Crippen LogP contribution in [0.3, 0.4) is 0 Å². The molecular formula is C15H20N4O3. The summed E-state index contributed by atoms with van der Waals surface area (Å²) in [5.41, 5.74) is 0.548. The van der Waals surface area contributed by atoms with Gasteiger partial charge in [-0.15, -0.1) is 0 Å². The molecule has 3 rings (SSSR count). The molecule has 1 aromatic heterocycles. The second kappa shape index (κ2) is 6.21. The van der Waals surface area contributed by atoms with Crippen LogP contribution in [0.4, 0.5) is 4.79 Å². The molecule has 118 valence electrons. The molecule has 1 atom stereocenters. The van der Waals surface area contributed by atoms with Crippen molar-refractivity contribution in [3.05, 3.63) is 23.9 Å². The Bertz CT molecular complexity index is 560. The van der Waals surface area contributed by atoms with Crippen molar-refractivity contribution in [1.82, 2.24) is 20.1 Å². The Morgan fingerprint density at radius 2 is 2.27 bits per heavy atom. The Morgan fingerprint density at radius 1 is 1.41 bits per heavy atom. The van der Waals surface area contributed by atoms with E-state index in [1.54, 1.807) is 19.2 Å². The number of amides is 3. The standard InChI is InChI=1S/C15H20N4O3/c1-22-13-5-4-11(9-17-13)14(20)18-7-2-3-12(10-18)19-8-6-16-15(19)21/h4-5,9,12H,2-3,6-8,10H2,1H3,(H,16,21). The van der Waals surface area contributed by atoms with Crippen LogP contribution in [0.25, 0.3) is 0 Å². The molecule has 0 aliphatic carbocycles. The highest BCUT2D eigenvalue weighted by Gasteiger charge is 2.33. The number of nitrogens with one attached hydrogen (secondary N) is 1. The maximum absolute atomic E-state index is 12.6. The van der Waals surface area contributed by atoms with Gasteiger partial charge in [0.1, 0.15) is 0 Å². The summed E-state index contributed by atoms with van der Waals surface area (Å²) < 4.78 is 5.00. The molecule has 1 N–H and O–H groups in total. The average molecular weight is 304 g/mol. The average Bonchev–Trinajstić information content (AvgIpc) is 3.00. The number of carbonyl (C=O) groups is 2. The van der Waals surface area contributed by atoms with Crippen molar-refractivity contribution in [3.8, 4) is 5.88 Å². The number of ether oxygens (including phenoxy) is 1. The fourth-order valence-corrected chi connectivity index (χ4v) is 3.04. The van der Waals surface area contributed by atoms with Gasteiger partial charge < -0.3 is 19.9 Å². The maximum atomic E-state index is 12.6. The normalized spacial score (nSPS) is 21.7. The smallest absolute Gasteiger partial charge is 0.317 e. The molecule has 3 amide bonds. The quantitative estimate of drug-likeness (QED) is 0.893. The first kappa shape index (κ1) is 14.6. The fourth-order valence-electron chi connectivity index (χ4n) is 3.04. The van der Waals surface area contributed by atoms with Gasteiger partial charge in [0.2, 0.25) is 5.88 Å². The minimum absolute atomic E-state index is 0.0228. The van der Waals surface area contributed by atoms with E-state index in [0.717, 1.165) is 25.9 Å². The van der Waals surface area contributed by atoms with Gasteiger partial charge in [-0.3, -0.25) is 4.79 Å². The van der Waals surface area contributed by atoms with Gasteiger partial charge in [-0.1, -0.05) is 0 Å². The highest BCUT2D eigenvalue weighted by molar-refractivity contribution is 5.94. The Kier molecular flexibility index (Phi) is 4.13. The van der Waals surface area contributed by atoms with Gasteiger partial charge in [0.05, 0.1) is 18.7 Å². The number of piperidine rings is 1. The molecule has 7 heteroatoms. The monoisotopic (exact) mass is 304 g/mol. The minimum atomic E-state index is -0.0422. The van der Waals surface area contributed by atoms with E-state index < -0.39 is 0 Å². The van der Waals surface area contributed by atoms with Crippen molar-refractivity contribution in [2.24, 2.45) is 0 Å². The predicted molar refractivity (Wildman–Crippen MR) is 79.8 cm³/mol. The van der Waals surface area contributed by atoms with Crippen LogP contribution in [-0.4, -0.2) is 66.1 Å². The number of pyridine rings is 1. The molecular weight excluding hydrogens is 284 g/mol. The zero-order chi connectivity index (χ0) is 15.5. The summed E-state index contributed by atoms with van der Waals surface area (Å²) in [5, 5.41) is 2.81. The number of nitrogens with zero attached hydrogens (tertiary/aromatic N) is 3. The Hall–Kier alpha value is -2.31. The summed E-state index contributed by atoms with van der Waals surface area (Å²) in [6, 6.07) is 3.49. The van der Waals surface area contributed by atoms with E-state index in [0.29, 0.717) is 24.5 Å². The largest absolute Gasteiger partial charge is 0.481 e. The number of hydrogen-bond acceptors (Lipinski definition) is 4. The van der Waals surface area contributed by atoms with Crippen molar-refractivity contribution < 1.29 is 14.3 Å². The summed E-state index contributed by atoms with van der Waals surface area (Å²) in [6.45, 7) is 2.70. The Balaban J connectivity index is 1.68. The molecule has 0 bridgehead atoms. The Morgan fingerprint density at radius 3 is 2.91 bits per heavy atom. The molecule has 2 aliphatic heterocycles. The molecule has 0 aromatic carbocycles. The molecule has 0 spiro atoms. The molecule has 2 saturated heterocycles. The predicted octanol–water partition coefficient (Wildman–Crippen LogP) is 0.720. The maximum Gasteiger partial charge on any atom is 0.317 e. The van der Waals surface area contributed by atoms with Gasteiger partial charge >= 0.3 is 6.03 Å². The lowest BCUT2D eigenvalue weighted by Crippen LogP contribution is -2.50. The van der Waals surface area contributed by atoms with E-state index >= 15 is 0 Å². The second-order valence-corrected chi connectivity index (χ2v) is 5.56. The summed E-state index contributed by atoms with van der Waals surface area (Å²) in [5.74, 6) is 0.446. The molecule has 1 unspecified atom stereocenters. The summed E-state index contributed by atoms with van der Waals surface area (Å²) in [4.78, 5) is 32.1. The second-order valence-electron chi connectivity index (χ2n) is 5.56. The lowest BCUT2D eigenvalue weighted by Gasteiger charge is -2.37. The van der Waals surface area contributed by atoms with Crippen LogP contribution < -0.4 is 10.1 Å². The lowest BCUT2D eigenvalue weighted by atomic mass is 10.0. The molecule has 22 heavy (non-hydrogen) atoms. The summed E-state index contributed by atoms with van der Waals surface area (Å²) in [6.07, 6.45) is 3.38. The third-order valence-electron chi connectivity index (χ3n) is 4.21. The van der Waals surface area contributed by atoms with E-state index in [1.807, 2.05) is 9.80 Å². The first-order chi connectivity index (χ1) is 10.7. The zero-order valence-corrected chi connectivity index (χ0v) is 12.6. The highest BCUT2D eigenvalue weighted by Crippen LogP contribution is 2.19. The minimum Gasteiger partial charge on any atom is -0.481 e. The van der Waals surface area contributed by atoms with Gasteiger partial charge in [0.25, 0.3) is 5.91 Å². The van der Waals surface area contributed by atoms with E-state index in [4.69, 9.17) is 4.74 Å². The van der Waals surface area contributed by atoms with Gasteiger partial charge in [0, 0.05) is 38.4 Å². The van der Waals surface area contributed by atoms with Crippen molar-refractivity contribution in [1.29, 1.82) is 0 Å². The van der Waals surface area contributed by atoms with Crippen molar-refractivity contribution >= 4 is 11.9 Å². The Labute approximate surface area is 129 Å². The van der Waals surface area contributed by atoms with Crippen LogP contribution in [0.2, 0.25) is 0 Å². The van der Waals surface area contributed by atoms with Crippen LogP contribution >= 0.6 is 0 Å². The van der Waals surface area contributed by atoms with E-state index in [1.165, 1.54) is 6.20 Å². The van der Waals surface area contributed by atoms with E-state index in [9.17, 15) is 9.59 Å². The van der Waals surface area contributed by atoms with Crippen LogP contribution in [0.15, 0.2) is 18.3 Å². The topological polar surface area (TPSA) is 74.8 Å². The van der Waals surface area contributed by atoms with E-state index in [-0.39, 0.29) is 18.0 Å². The first-order valence-corrected chi connectivity index (χ1v) is 7.53. The molecule has 2 aliphatic rings. The van der Waals surface area contributed by atoms with Gasteiger partial charge in [-0.25, -0.2) is 9.78 Å². The fraction of sp³-hybridized carbons (Fsp3) is 0.533. The summed E-state index contributed by atoms with van der Waals surface area (Å²) >= 11 is 0. The van der Waals surface area contributed by atoms with Crippen molar-refractivity contribution in [3.63, 3.8) is 0 Å². The number of methoxy groups -OCH3 is 1. The van der Waals surface area contributed by atoms with Gasteiger partial charge in [-0.05, 0) is 18.9 Å². The SMILES string of the molecule is COc1ccc(C(=O)N2CCCC(N3CCNC3=O)C2)cn1. The highest BCUT2D eigenvalue weighted by atomic mass is 16.5. The van der Waals surface area contributed by atoms with Crippen molar-refractivity contribution in [2.75, 3.05) is 33.3 Å². The van der Waals surface area contributed by atoms with Gasteiger partial charge in [-0.2, -0.15) is 0 Å². The number of urea groups is 1. The van der Waals surface area contributed by atoms with E-state index in [2.05, 4.69) is 10.3 Å². The molecule has 0 radical (unpaired) electrons. The third-order valence-corrected chi connectivity index (χ3v) is 4.21.